The van der Waals surface area contributed by atoms with Gasteiger partial charge in [0.05, 0.1) is 0 Å². The molecule has 94 valence electrons. The van der Waals surface area contributed by atoms with E-state index in [0.717, 1.165) is 12.8 Å². The van der Waals surface area contributed by atoms with Crippen LogP contribution in [0.25, 0.3) is 0 Å². The van der Waals surface area contributed by atoms with E-state index in [0.29, 0.717) is 11.3 Å². The Morgan fingerprint density at radius 3 is 2.71 bits per heavy atom. The van der Waals surface area contributed by atoms with E-state index in [1.165, 1.54) is 0 Å². The summed E-state index contributed by atoms with van der Waals surface area (Å²) in [4.78, 5) is 0. The second kappa shape index (κ2) is 4.30. The molecule has 1 aliphatic rings. The third-order valence-electron chi connectivity index (χ3n) is 3.81. The van der Waals surface area contributed by atoms with Gasteiger partial charge in [-0.25, -0.2) is 4.39 Å². The molecule has 3 heteroatoms. The molecule has 17 heavy (non-hydrogen) atoms. The lowest BCUT2D eigenvalue weighted by Crippen LogP contribution is -2.42. The molecule has 2 unspecified atom stereocenters. The first-order chi connectivity index (χ1) is 7.92. The van der Waals surface area contributed by atoms with Crippen LogP contribution < -0.4 is 10.5 Å². The van der Waals surface area contributed by atoms with E-state index in [1.807, 2.05) is 0 Å². The lowest BCUT2D eigenvalue weighted by atomic mass is 9.88. The maximum Gasteiger partial charge on any atom is 0.167 e. The molecule has 2 rings (SSSR count). The van der Waals surface area contributed by atoms with Crippen LogP contribution in [0.5, 0.6) is 5.75 Å². The summed E-state index contributed by atoms with van der Waals surface area (Å²) in [5.74, 6) is 0.0487. The average molecular weight is 237 g/mol. The summed E-state index contributed by atoms with van der Waals surface area (Å²) in [5, 5.41) is 0. The lowest BCUT2D eigenvalue weighted by molar-refractivity contribution is 0.158. The number of nitrogens with two attached hydrogens (primary N) is 1. The maximum absolute atomic E-state index is 13.8. The Morgan fingerprint density at radius 2 is 2.12 bits per heavy atom. The SMILES string of the molecule is Cc1cccc(OC2CCC(C)(C)C2N)c1F. The Bertz CT molecular complexity index is 417. The van der Waals surface area contributed by atoms with E-state index in [1.54, 1.807) is 25.1 Å². The molecule has 0 radical (unpaired) electrons. The predicted octanol–water partition coefficient (Wildman–Crippen LogP) is 3.03. The molecule has 1 aromatic carbocycles. The Balaban J connectivity index is 2.15. The zero-order chi connectivity index (χ0) is 12.6. The fourth-order valence-electron chi connectivity index (χ4n) is 2.37. The summed E-state index contributed by atoms with van der Waals surface area (Å²) in [6, 6.07) is 5.17. The van der Waals surface area contributed by atoms with Crippen LogP contribution in [-0.2, 0) is 0 Å². The minimum atomic E-state index is -0.274. The van der Waals surface area contributed by atoms with E-state index in [4.69, 9.17) is 10.5 Å². The Hall–Kier alpha value is -1.09. The predicted molar refractivity (Wildman–Crippen MR) is 66.5 cm³/mol. The van der Waals surface area contributed by atoms with E-state index >= 15 is 0 Å². The molecule has 2 nitrogen and oxygen atoms in total. The van der Waals surface area contributed by atoms with E-state index in [2.05, 4.69) is 13.8 Å². The van der Waals surface area contributed by atoms with Crippen LogP contribution in [-0.4, -0.2) is 12.1 Å². The van der Waals surface area contributed by atoms with E-state index in [9.17, 15) is 4.39 Å². The molecule has 2 atom stereocenters. The van der Waals surface area contributed by atoms with Crippen molar-refractivity contribution in [3.8, 4) is 5.75 Å². The van der Waals surface area contributed by atoms with Gasteiger partial charge >= 0.3 is 0 Å². The highest BCUT2D eigenvalue weighted by molar-refractivity contribution is 5.30. The topological polar surface area (TPSA) is 35.2 Å². The zero-order valence-electron chi connectivity index (χ0n) is 10.7. The molecule has 0 saturated heterocycles. The number of benzene rings is 1. The average Bonchev–Trinajstić information content (AvgIpc) is 2.52. The standard InChI is InChI=1S/C14H20FNO/c1-9-5-4-6-10(12(9)15)17-11-7-8-14(2,3)13(11)16/h4-6,11,13H,7-8,16H2,1-3H3. The van der Waals surface area contributed by atoms with Gasteiger partial charge in [-0.2, -0.15) is 0 Å². The van der Waals surface area contributed by atoms with E-state index < -0.39 is 0 Å². The fraction of sp³-hybridized carbons (Fsp3) is 0.571. The Morgan fingerprint density at radius 1 is 1.41 bits per heavy atom. The molecule has 0 aromatic heterocycles. The lowest BCUT2D eigenvalue weighted by Gasteiger charge is -2.27. The monoisotopic (exact) mass is 237 g/mol. The summed E-state index contributed by atoms with van der Waals surface area (Å²) in [6.07, 6.45) is 1.83. The highest BCUT2D eigenvalue weighted by atomic mass is 19.1. The number of aryl methyl sites for hydroxylation is 1. The third-order valence-corrected chi connectivity index (χ3v) is 3.81. The first kappa shape index (κ1) is 12.4. The zero-order valence-corrected chi connectivity index (χ0v) is 10.7. The highest BCUT2D eigenvalue weighted by Crippen LogP contribution is 2.38. The molecule has 0 amide bonds. The quantitative estimate of drug-likeness (QED) is 0.858. The van der Waals surface area contributed by atoms with Crippen molar-refractivity contribution >= 4 is 0 Å². The normalized spacial score (nSPS) is 27.1. The molecule has 0 aliphatic heterocycles. The number of ether oxygens (including phenoxy) is 1. The van der Waals surface area contributed by atoms with Gasteiger partial charge in [-0.15, -0.1) is 0 Å². The van der Waals surface area contributed by atoms with Crippen molar-refractivity contribution in [2.45, 2.75) is 45.8 Å². The van der Waals surface area contributed by atoms with Crippen LogP contribution in [0.1, 0.15) is 32.3 Å². The Kier molecular flexibility index (Phi) is 3.13. The summed E-state index contributed by atoms with van der Waals surface area (Å²) in [6.45, 7) is 6.00. The number of hydrogen-bond acceptors (Lipinski definition) is 2. The van der Waals surface area contributed by atoms with Crippen LogP contribution in [0.2, 0.25) is 0 Å². The molecular formula is C14H20FNO. The largest absolute Gasteiger partial charge is 0.486 e. The van der Waals surface area contributed by atoms with Crippen molar-refractivity contribution < 1.29 is 9.13 Å². The van der Waals surface area contributed by atoms with Crippen molar-refractivity contribution in [3.05, 3.63) is 29.6 Å². The summed E-state index contributed by atoms with van der Waals surface area (Å²) in [5.41, 5.74) is 6.82. The van der Waals surface area contributed by atoms with Crippen LogP contribution in [0, 0.1) is 18.2 Å². The van der Waals surface area contributed by atoms with Gasteiger partial charge in [-0.1, -0.05) is 26.0 Å². The van der Waals surface area contributed by atoms with Crippen LogP contribution in [0.3, 0.4) is 0 Å². The van der Waals surface area contributed by atoms with Crippen molar-refractivity contribution in [1.29, 1.82) is 0 Å². The summed E-state index contributed by atoms with van der Waals surface area (Å²) < 4.78 is 19.5. The fourth-order valence-corrected chi connectivity index (χ4v) is 2.37. The molecule has 1 fully saturated rings. The molecular weight excluding hydrogens is 217 g/mol. The van der Waals surface area contributed by atoms with Gasteiger partial charge < -0.3 is 10.5 Å². The Labute approximate surface area is 102 Å². The van der Waals surface area contributed by atoms with Crippen molar-refractivity contribution in [2.75, 3.05) is 0 Å². The van der Waals surface area contributed by atoms with Crippen molar-refractivity contribution in [2.24, 2.45) is 11.1 Å². The minimum Gasteiger partial charge on any atom is -0.486 e. The second-order valence-electron chi connectivity index (χ2n) is 5.60. The summed E-state index contributed by atoms with van der Waals surface area (Å²) >= 11 is 0. The molecule has 2 N–H and O–H groups in total. The van der Waals surface area contributed by atoms with Crippen LogP contribution in [0.15, 0.2) is 18.2 Å². The van der Waals surface area contributed by atoms with Gasteiger partial charge in [0.15, 0.2) is 11.6 Å². The van der Waals surface area contributed by atoms with Gasteiger partial charge in [-0.05, 0) is 36.8 Å². The first-order valence-electron chi connectivity index (χ1n) is 6.09. The van der Waals surface area contributed by atoms with Crippen molar-refractivity contribution in [3.63, 3.8) is 0 Å². The van der Waals surface area contributed by atoms with Gasteiger partial charge in [0, 0.05) is 6.04 Å². The second-order valence-corrected chi connectivity index (χ2v) is 5.60. The maximum atomic E-state index is 13.8. The number of halogens is 1. The number of rotatable bonds is 2. The highest BCUT2D eigenvalue weighted by Gasteiger charge is 2.41. The molecule has 1 saturated carbocycles. The van der Waals surface area contributed by atoms with Crippen LogP contribution >= 0.6 is 0 Å². The van der Waals surface area contributed by atoms with Gasteiger partial charge in [0.1, 0.15) is 6.10 Å². The number of hydrogen-bond donors (Lipinski definition) is 1. The molecule has 1 aromatic rings. The van der Waals surface area contributed by atoms with Gasteiger partial charge in [-0.3, -0.25) is 0 Å². The van der Waals surface area contributed by atoms with Crippen molar-refractivity contribution in [1.82, 2.24) is 0 Å². The minimum absolute atomic E-state index is 0.0394. The third kappa shape index (κ3) is 2.29. The molecule has 0 spiro atoms. The molecule has 1 aliphatic carbocycles. The summed E-state index contributed by atoms with van der Waals surface area (Å²) in [7, 11) is 0. The smallest absolute Gasteiger partial charge is 0.167 e. The molecule has 0 heterocycles. The van der Waals surface area contributed by atoms with Gasteiger partial charge in [0.2, 0.25) is 0 Å². The van der Waals surface area contributed by atoms with E-state index in [-0.39, 0.29) is 23.4 Å². The van der Waals surface area contributed by atoms with Crippen LogP contribution in [0.4, 0.5) is 4.39 Å². The first-order valence-corrected chi connectivity index (χ1v) is 6.09. The molecule has 0 bridgehead atoms. The van der Waals surface area contributed by atoms with Gasteiger partial charge in [0.25, 0.3) is 0 Å².